The normalized spacial score (nSPS) is 17.1. The monoisotopic (exact) mass is 484 g/mol. The van der Waals surface area contributed by atoms with Crippen LogP contribution in [-0.2, 0) is 0 Å². The van der Waals surface area contributed by atoms with Crippen LogP contribution in [0, 0.1) is 0 Å². The molecule has 0 amide bonds. The van der Waals surface area contributed by atoms with Crippen LogP contribution in [0.4, 0.5) is 0 Å². The second-order valence-electron chi connectivity index (χ2n) is 8.60. The number of rotatable bonds is 2. The lowest BCUT2D eigenvalue weighted by atomic mass is 9.85. The number of hydrogen-bond acceptors (Lipinski definition) is 1. The van der Waals surface area contributed by atoms with Crippen molar-refractivity contribution in [2.75, 3.05) is 0 Å². The summed E-state index contributed by atoms with van der Waals surface area (Å²) in [6.07, 6.45) is 0. The summed E-state index contributed by atoms with van der Waals surface area (Å²) in [6, 6.07) is 7.25. The van der Waals surface area contributed by atoms with Gasteiger partial charge in [-0.25, -0.2) is 0 Å². The van der Waals surface area contributed by atoms with Crippen molar-refractivity contribution >= 4 is 54.3 Å². The fourth-order valence-electron chi connectivity index (χ4n) is 5.00. The van der Waals surface area contributed by atoms with E-state index in [1.807, 2.05) is 0 Å². The summed E-state index contributed by atoms with van der Waals surface area (Å²) < 4.78 is 127. The Morgan fingerprint density at radius 2 is 0.973 bits per heavy atom. The van der Waals surface area contributed by atoms with E-state index in [1.54, 1.807) is 48.5 Å². The van der Waals surface area contributed by atoms with Gasteiger partial charge in [-0.2, -0.15) is 0 Å². The molecule has 0 aliphatic heterocycles. The molecule has 37 heavy (non-hydrogen) atoms. The first kappa shape index (κ1) is 11.0. The van der Waals surface area contributed by atoms with E-state index in [9.17, 15) is 4.11 Å². The minimum Gasteiger partial charge on any atom is -0.456 e. The first-order valence-corrected chi connectivity index (χ1v) is 11.6. The molecule has 0 atom stereocenters. The van der Waals surface area contributed by atoms with Gasteiger partial charge in [0.2, 0.25) is 0 Å². The van der Waals surface area contributed by atoms with Crippen LogP contribution in [0.15, 0.2) is 138 Å². The zero-order chi connectivity index (χ0) is 36.5. The average Bonchev–Trinajstić information content (AvgIpc) is 3.54. The molecule has 0 unspecified atom stereocenters. The van der Waals surface area contributed by atoms with E-state index >= 15 is 0 Å². The molecule has 0 radical (unpaired) electrons. The van der Waals surface area contributed by atoms with Gasteiger partial charge in [-0.05, 0) is 78.7 Å². The van der Waals surface area contributed by atoms with Crippen LogP contribution >= 0.6 is 0 Å². The molecule has 0 saturated carbocycles. The SMILES string of the molecule is [2H]c1c([2H])c([2H])c2c(oc3c([2H])c(-c4c5ccccc5c(-c5c([2H])c([2H])c6c([2H])c([2H])c([2H])c([2H])c6c5[2H])c5ccccc45)c([2H])c([2H])c32)c1[2H]. The fourth-order valence-corrected chi connectivity index (χ4v) is 5.00. The lowest BCUT2D eigenvalue weighted by molar-refractivity contribution is 0.669. The Labute approximate surface area is 233 Å². The minimum atomic E-state index is -0.571. The fraction of sp³-hybridized carbons (Fsp3) is 0. The van der Waals surface area contributed by atoms with E-state index in [2.05, 4.69) is 0 Å². The van der Waals surface area contributed by atoms with Gasteiger partial charge in [-0.3, -0.25) is 0 Å². The number of furan rings is 1. The van der Waals surface area contributed by atoms with Crippen molar-refractivity contribution < 1.29 is 23.6 Å². The molecule has 1 heteroatoms. The summed E-state index contributed by atoms with van der Waals surface area (Å²) in [6.45, 7) is 0. The summed E-state index contributed by atoms with van der Waals surface area (Å²) >= 11 is 0. The Morgan fingerprint density at radius 1 is 0.432 bits per heavy atom. The smallest absolute Gasteiger partial charge is 0.136 e. The number of benzene rings is 7. The molecule has 0 fully saturated rings. The Morgan fingerprint density at radius 3 is 1.68 bits per heavy atom. The number of para-hydroxylation sites is 1. The van der Waals surface area contributed by atoms with Crippen molar-refractivity contribution in [3.8, 4) is 22.3 Å². The molecule has 0 aliphatic carbocycles. The predicted octanol–water partition coefficient (Wildman–Crippen LogP) is 10.4. The zero-order valence-corrected chi connectivity index (χ0v) is 19.0. The van der Waals surface area contributed by atoms with Gasteiger partial charge in [0.25, 0.3) is 0 Å². The number of fused-ring (bicyclic) bond motifs is 6. The third-order valence-electron chi connectivity index (χ3n) is 6.57. The molecule has 1 nitrogen and oxygen atoms in total. The topological polar surface area (TPSA) is 13.1 Å². The molecular formula is C36H22O. The summed E-state index contributed by atoms with van der Waals surface area (Å²) in [5.41, 5.74) is 0.223. The maximum absolute atomic E-state index is 9.36. The molecule has 0 spiro atoms. The van der Waals surface area contributed by atoms with E-state index in [-0.39, 0.29) is 62.0 Å². The van der Waals surface area contributed by atoms with Crippen LogP contribution in [0.2, 0.25) is 0 Å². The first-order valence-electron chi connectivity index (χ1n) is 18.6. The number of hydrogen-bond donors (Lipinski definition) is 0. The molecule has 1 aromatic heterocycles. The molecule has 0 bridgehead atoms. The van der Waals surface area contributed by atoms with Gasteiger partial charge < -0.3 is 4.42 Å². The van der Waals surface area contributed by atoms with Crippen molar-refractivity contribution in [1.82, 2.24) is 0 Å². The van der Waals surface area contributed by atoms with E-state index in [1.165, 1.54) is 0 Å². The molecule has 0 saturated heterocycles. The summed E-state index contributed by atoms with van der Waals surface area (Å²) in [4.78, 5) is 0. The molecule has 0 N–H and O–H groups in total. The van der Waals surface area contributed by atoms with E-state index in [0.717, 1.165) is 0 Å². The maximum atomic E-state index is 9.36. The van der Waals surface area contributed by atoms with E-state index in [0.29, 0.717) is 32.7 Å². The van der Waals surface area contributed by atoms with Crippen molar-refractivity contribution in [3.05, 3.63) is 133 Å². The van der Waals surface area contributed by atoms with Crippen molar-refractivity contribution in [1.29, 1.82) is 0 Å². The third kappa shape index (κ3) is 3.04. The third-order valence-corrected chi connectivity index (χ3v) is 6.57. The highest BCUT2D eigenvalue weighted by atomic mass is 16.3. The molecule has 8 aromatic rings. The lowest BCUT2D eigenvalue weighted by Crippen LogP contribution is -1.90. The molecule has 1 heterocycles. The molecule has 7 aromatic carbocycles. The molecule has 8 rings (SSSR count). The molecule has 0 aliphatic rings. The zero-order valence-electron chi connectivity index (χ0n) is 33.0. The van der Waals surface area contributed by atoms with Gasteiger partial charge in [-0.1, -0.05) is 109 Å². The van der Waals surface area contributed by atoms with Gasteiger partial charge in [0.05, 0.1) is 19.2 Å². The van der Waals surface area contributed by atoms with Crippen molar-refractivity contribution in [3.63, 3.8) is 0 Å². The Balaban J connectivity index is 1.56. The van der Waals surface area contributed by atoms with Gasteiger partial charge >= 0.3 is 0 Å². The standard InChI is InChI=1S/C36H22O/c1-2-10-24-21-25(18-17-23(24)9-1)35-29-12-3-5-14-31(29)36(32-15-6-4-13-30(32)35)26-19-20-28-27-11-7-8-16-33(27)37-34(28)22-26/h1-22H/i1D,2D,7D,8D,9D,10D,11D,16D,17D,18D,19D,20D,21D,22D. The van der Waals surface area contributed by atoms with Gasteiger partial charge in [0.15, 0.2) is 0 Å². The quantitative estimate of drug-likeness (QED) is 0.222. The Bertz CT molecular complexity index is 2850. The van der Waals surface area contributed by atoms with Gasteiger partial charge in [0.1, 0.15) is 11.2 Å². The average molecular weight is 485 g/mol. The minimum absolute atomic E-state index is 0.00763. The summed E-state index contributed by atoms with van der Waals surface area (Å²) in [5, 5.41) is 1.20. The first-order chi connectivity index (χ1) is 24.2. The van der Waals surface area contributed by atoms with Crippen molar-refractivity contribution in [2.24, 2.45) is 0 Å². The molecular weight excluding hydrogens is 448 g/mol. The summed E-state index contributed by atoms with van der Waals surface area (Å²) in [5.74, 6) is 0. The van der Waals surface area contributed by atoms with Crippen molar-refractivity contribution in [2.45, 2.75) is 0 Å². The summed E-state index contributed by atoms with van der Waals surface area (Å²) in [7, 11) is 0. The Kier molecular flexibility index (Phi) is 2.33. The van der Waals surface area contributed by atoms with Crippen LogP contribution < -0.4 is 0 Å². The van der Waals surface area contributed by atoms with Crippen LogP contribution in [0.5, 0.6) is 0 Å². The van der Waals surface area contributed by atoms with Crippen LogP contribution in [0.25, 0.3) is 76.5 Å². The van der Waals surface area contributed by atoms with Gasteiger partial charge in [0, 0.05) is 10.8 Å². The predicted molar refractivity (Wildman–Crippen MR) is 157 cm³/mol. The van der Waals surface area contributed by atoms with Crippen LogP contribution in [0.1, 0.15) is 19.2 Å². The lowest BCUT2D eigenvalue weighted by Gasteiger charge is -2.18. The second-order valence-corrected chi connectivity index (χ2v) is 8.60. The van der Waals surface area contributed by atoms with E-state index in [4.69, 9.17) is 19.5 Å². The van der Waals surface area contributed by atoms with Crippen LogP contribution in [-0.4, -0.2) is 0 Å². The van der Waals surface area contributed by atoms with E-state index < -0.39 is 66.5 Å². The highest BCUT2D eigenvalue weighted by molar-refractivity contribution is 6.22. The van der Waals surface area contributed by atoms with Gasteiger partial charge in [-0.15, -0.1) is 0 Å². The largest absolute Gasteiger partial charge is 0.456 e. The Hall–Kier alpha value is -4.88. The highest BCUT2D eigenvalue weighted by Gasteiger charge is 2.17. The molecule has 172 valence electrons. The van der Waals surface area contributed by atoms with Crippen LogP contribution in [0.3, 0.4) is 0 Å². The highest BCUT2D eigenvalue weighted by Crippen LogP contribution is 2.45. The maximum Gasteiger partial charge on any atom is 0.136 e. The second kappa shape index (κ2) is 7.81.